The Morgan fingerprint density at radius 1 is 1.35 bits per heavy atom. The molecule has 6 heteroatoms. The van der Waals surface area contributed by atoms with Gasteiger partial charge in [-0.3, -0.25) is 9.59 Å². The molecule has 1 heterocycles. The first-order chi connectivity index (χ1) is 11.2. The largest absolute Gasteiger partial charge is 0.496 e. The third kappa shape index (κ3) is 4.69. The summed E-state index contributed by atoms with van der Waals surface area (Å²) in [5.74, 6) is 0.514. The minimum absolute atomic E-state index is 0.0203. The molecule has 2 rings (SSSR count). The fourth-order valence-corrected chi connectivity index (χ4v) is 2.74. The Bertz CT molecular complexity index is 547. The summed E-state index contributed by atoms with van der Waals surface area (Å²) in [6.07, 6.45) is 0.980. The zero-order valence-corrected chi connectivity index (χ0v) is 13.7. The van der Waals surface area contributed by atoms with Crippen molar-refractivity contribution in [3.63, 3.8) is 0 Å². The number of nitrogens with zero attached hydrogens (tertiary/aromatic N) is 1. The predicted molar refractivity (Wildman–Crippen MR) is 86.3 cm³/mol. The minimum atomic E-state index is -0.267. The van der Waals surface area contributed by atoms with Crippen LogP contribution in [0.2, 0.25) is 0 Å². The van der Waals surface area contributed by atoms with Crippen molar-refractivity contribution < 1.29 is 19.1 Å². The number of hydrogen-bond acceptors (Lipinski definition) is 4. The molecule has 0 spiro atoms. The van der Waals surface area contributed by atoms with E-state index < -0.39 is 0 Å². The maximum absolute atomic E-state index is 12.2. The Morgan fingerprint density at radius 3 is 2.87 bits per heavy atom. The molecule has 1 fully saturated rings. The van der Waals surface area contributed by atoms with E-state index in [1.807, 2.05) is 24.3 Å². The lowest BCUT2D eigenvalue weighted by Crippen LogP contribution is -2.34. The summed E-state index contributed by atoms with van der Waals surface area (Å²) >= 11 is 0. The molecule has 1 aromatic rings. The van der Waals surface area contributed by atoms with E-state index in [9.17, 15) is 9.59 Å². The zero-order chi connectivity index (χ0) is 16.7. The quantitative estimate of drug-likeness (QED) is 0.771. The first-order valence-electron chi connectivity index (χ1n) is 7.82. The van der Waals surface area contributed by atoms with Crippen molar-refractivity contribution in [2.24, 2.45) is 5.92 Å². The highest BCUT2D eigenvalue weighted by Gasteiger charge is 2.33. The molecule has 126 valence electrons. The number of methoxy groups -OCH3 is 2. The van der Waals surface area contributed by atoms with Gasteiger partial charge in [0.15, 0.2) is 0 Å². The lowest BCUT2D eigenvalue weighted by Gasteiger charge is -2.16. The summed E-state index contributed by atoms with van der Waals surface area (Å²) in [5, 5.41) is 2.92. The Kier molecular flexibility index (Phi) is 6.40. The second-order valence-corrected chi connectivity index (χ2v) is 5.59. The van der Waals surface area contributed by atoms with Crippen LogP contribution in [0.1, 0.15) is 12.0 Å². The van der Waals surface area contributed by atoms with Gasteiger partial charge in [0, 0.05) is 33.2 Å². The first kappa shape index (κ1) is 17.3. The molecule has 0 aliphatic carbocycles. The van der Waals surface area contributed by atoms with Crippen molar-refractivity contribution >= 4 is 11.8 Å². The Balaban J connectivity index is 1.78. The lowest BCUT2D eigenvalue weighted by molar-refractivity contribution is -0.129. The van der Waals surface area contributed by atoms with Gasteiger partial charge in [-0.25, -0.2) is 0 Å². The smallest absolute Gasteiger partial charge is 0.225 e. The van der Waals surface area contributed by atoms with Gasteiger partial charge in [0.1, 0.15) is 5.75 Å². The fourth-order valence-electron chi connectivity index (χ4n) is 2.74. The van der Waals surface area contributed by atoms with Crippen LogP contribution in [-0.4, -0.2) is 57.2 Å². The van der Waals surface area contributed by atoms with E-state index in [0.717, 1.165) is 11.3 Å². The van der Waals surface area contributed by atoms with Crippen molar-refractivity contribution in [2.45, 2.75) is 12.8 Å². The number of benzene rings is 1. The number of likely N-dealkylation sites (tertiary alicyclic amines) is 1. The number of amides is 2. The molecule has 1 unspecified atom stereocenters. The molecule has 1 atom stereocenters. The minimum Gasteiger partial charge on any atom is -0.496 e. The molecule has 1 aliphatic rings. The molecule has 6 nitrogen and oxygen atoms in total. The summed E-state index contributed by atoms with van der Waals surface area (Å²) in [7, 11) is 3.23. The molecule has 1 N–H and O–H groups in total. The summed E-state index contributed by atoms with van der Waals surface area (Å²) in [4.78, 5) is 25.7. The zero-order valence-electron chi connectivity index (χ0n) is 13.7. The van der Waals surface area contributed by atoms with Gasteiger partial charge in [-0.2, -0.15) is 0 Å². The van der Waals surface area contributed by atoms with Crippen LogP contribution in [0.4, 0.5) is 0 Å². The highest BCUT2D eigenvalue weighted by atomic mass is 16.5. The van der Waals surface area contributed by atoms with Crippen LogP contribution in [-0.2, 0) is 20.7 Å². The van der Waals surface area contributed by atoms with Crippen LogP contribution in [0.3, 0.4) is 0 Å². The van der Waals surface area contributed by atoms with Crippen molar-refractivity contribution in [1.82, 2.24) is 10.2 Å². The number of ether oxygens (including phenoxy) is 2. The van der Waals surface area contributed by atoms with Crippen LogP contribution in [0.5, 0.6) is 5.75 Å². The van der Waals surface area contributed by atoms with Gasteiger partial charge in [0.2, 0.25) is 11.8 Å². The second-order valence-electron chi connectivity index (χ2n) is 5.59. The number of carbonyl (C=O) groups excluding carboxylic acids is 2. The van der Waals surface area contributed by atoms with Gasteiger partial charge in [-0.1, -0.05) is 18.2 Å². The molecule has 2 amide bonds. The van der Waals surface area contributed by atoms with E-state index in [0.29, 0.717) is 32.7 Å². The summed E-state index contributed by atoms with van der Waals surface area (Å²) in [6.45, 7) is 2.04. The number of rotatable bonds is 8. The van der Waals surface area contributed by atoms with Crippen LogP contribution >= 0.6 is 0 Å². The second kappa shape index (κ2) is 8.53. The predicted octanol–water partition coefficient (Wildman–Crippen LogP) is 0.849. The van der Waals surface area contributed by atoms with E-state index in [2.05, 4.69) is 5.32 Å². The maximum Gasteiger partial charge on any atom is 0.225 e. The van der Waals surface area contributed by atoms with Crippen molar-refractivity contribution in [2.75, 3.05) is 40.5 Å². The maximum atomic E-state index is 12.2. The molecular formula is C17H24N2O4. The normalized spacial score (nSPS) is 17.4. The number of carbonyl (C=O) groups is 2. The fraction of sp³-hybridized carbons (Fsp3) is 0.529. The molecule has 23 heavy (non-hydrogen) atoms. The SMILES string of the molecule is COCCN1CC(C(=O)NCCc2ccccc2OC)CC1=O. The monoisotopic (exact) mass is 320 g/mol. The molecule has 1 saturated heterocycles. The van der Waals surface area contributed by atoms with Gasteiger partial charge in [0.25, 0.3) is 0 Å². The van der Waals surface area contributed by atoms with E-state index in [-0.39, 0.29) is 24.2 Å². The molecule has 1 aromatic carbocycles. The van der Waals surface area contributed by atoms with Crippen LogP contribution in [0, 0.1) is 5.92 Å². The number of para-hydroxylation sites is 1. The number of hydrogen-bond donors (Lipinski definition) is 1. The van der Waals surface area contributed by atoms with E-state index in [1.165, 1.54) is 0 Å². The average molecular weight is 320 g/mol. The van der Waals surface area contributed by atoms with Gasteiger partial charge in [0.05, 0.1) is 19.6 Å². The molecule has 1 aliphatic heterocycles. The van der Waals surface area contributed by atoms with Gasteiger partial charge in [-0.15, -0.1) is 0 Å². The standard InChI is InChI=1S/C17H24N2O4/c1-22-10-9-19-12-14(11-16(19)20)17(21)18-8-7-13-5-3-4-6-15(13)23-2/h3-6,14H,7-12H2,1-2H3,(H,18,21). The summed E-state index contributed by atoms with van der Waals surface area (Å²) in [6, 6.07) is 7.75. The van der Waals surface area contributed by atoms with Crippen molar-refractivity contribution in [1.29, 1.82) is 0 Å². The summed E-state index contributed by atoms with van der Waals surface area (Å²) in [5.41, 5.74) is 1.06. The lowest BCUT2D eigenvalue weighted by atomic mass is 10.1. The van der Waals surface area contributed by atoms with Crippen LogP contribution in [0.25, 0.3) is 0 Å². The average Bonchev–Trinajstić information content (AvgIpc) is 2.94. The number of nitrogens with one attached hydrogen (secondary N) is 1. The van der Waals surface area contributed by atoms with E-state index in [4.69, 9.17) is 9.47 Å². The van der Waals surface area contributed by atoms with Crippen LogP contribution in [0.15, 0.2) is 24.3 Å². The Labute approximate surface area is 136 Å². The highest BCUT2D eigenvalue weighted by Crippen LogP contribution is 2.19. The Hall–Kier alpha value is -2.08. The van der Waals surface area contributed by atoms with Gasteiger partial charge in [-0.05, 0) is 18.1 Å². The van der Waals surface area contributed by atoms with Crippen LogP contribution < -0.4 is 10.1 Å². The van der Waals surface area contributed by atoms with E-state index in [1.54, 1.807) is 19.1 Å². The van der Waals surface area contributed by atoms with Crippen molar-refractivity contribution in [3.05, 3.63) is 29.8 Å². The van der Waals surface area contributed by atoms with E-state index >= 15 is 0 Å². The highest BCUT2D eigenvalue weighted by molar-refractivity contribution is 5.89. The molecule has 0 saturated carbocycles. The van der Waals surface area contributed by atoms with Gasteiger partial charge >= 0.3 is 0 Å². The topological polar surface area (TPSA) is 67.9 Å². The van der Waals surface area contributed by atoms with Gasteiger partial charge < -0.3 is 19.7 Å². The molecule has 0 bridgehead atoms. The molecular weight excluding hydrogens is 296 g/mol. The summed E-state index contributed by atoms with van der Waals surface area (Å²) < 4.78 is 10.3. The third-order valence-electron chi connectivity index (χ3n) is 4.04. The first-order valence-corrected chi connectivity index (χ1v) is 7.82. The molecule has 0 aromatic heterocycles. The molecule has 0 radical (unpaired) electrons. The third-order valence-corrected chi connectivity index (χ3v) is 4.04. The Morgan fingerprint density at radius 2 is 2.13 bits per heavy atom. The van der Waals surface area contributed by atoms with Crippen molar-refractivity contribution in [3.8, 4) is 5.75 Å².